The van der Waals surface area contributed by atoms with Crippen LogP contribution in [0.4, 0.5) is 5.82 Å². The summed E-state index contributed by atoms with van der Waals surface area (Å²) in [5.74, 6) is 1.40. The van der Waals surface area contributed by atoms with Crippen LogP contribution in [0, 0.1) is 0 Å². The van der Waals surface area contributed by atoms with Crippen LogP contribution in [0.25, 0.3) is 0 Å². The maximum absolute atomic E-state index is 12.8. The van der Waals surface area contributed by atoms with Crippen molar-refractivity contribution < 1.29 is 14.6 Å². The summed E-state index contributed by atoms with van der Waals surface area (Å²) in [6.45, 7) is 1.05. The van der Waals surface area contributed by atoms with Gasteiger partial charge in [0.05, 0.1) is 12.1 Å². The first-order valence-electron chi connectivity index (χ1n) is 8.80. The molecule has 1 aliphatic rings. The molecule has 1 saturated heterocycles. The topological polar surface area (TPSA) is 65.9 Å². The largest absolute Gasteiger partial charge is 0.491 e. The molecule has 2 heterocycles. The Kier molecular flexibility index (Phi) is 5.42. The fourth-order valence-electron chi connectivity index (χ4n) is 3.10. The van der Waals surface area contributed by atoms with E-state index in [2.05, 4.69) is 4.98 Å². The minimum atomic E-state index is -1.04. The van der Waals surface area contributed by atoms with Gasteiger partial charge in [0.15, 0.2) is 0 Å². The number of aliphatic hydroxyl groups is 1. The Bertz CT molecular complexity index is 734. The minimum absolute atomic E-state index is 0.111. The molecule has 2 aromatic rings. The number of para-hydroxylation sites is 1. The molecule has 26 heavy (non-hydrogen) atoms. The SMILES string of the molecule is CN(C)c1ccc(C(=O)N2CCC[C@](O)(COc3ccccc3)C2)cn1. The molecule has 0 radical (unpaired) electrons. The molecule has 6 heteroatoms. The number of carbonyl (C=O) groups excluding carboxylic acids is 1. The number of pyridine rings is 1. The van der Waals surface area contributed by atoms with Gasteiger partial charge in [-0.1, -0.05) is 18.2 Å². The third-order valence-electron chi connectivity index (χ3n) is 4.55. The third-order valence-corrected chi connectivity index (χ3v) is 4.55. The highest BCUT2D eigenvalue weighted by atomic mass is 16.5. The average molecular weight is 355 g/mol. The molecule has 0 aliphatic carbocycles. The molecule has 0 saturated carbocycles. The van der Waals surface area contributed by atoms with Gasteiger partial charge in [-0.25, -0.2) is 4.98 Å². The van der Waals surface area contributed by atoms with Crippen LogP contribution in [-0.2, 0) is 0 Å². The van der Waals surface area contributed by atoms with Gasteiger partial charge in [-0.2, -0.15) is 0 Å². The second-order valence-electron chi connectivity index (χ2n) is 6.96. The third kappa shape index (κ3) is 4.32. The zero-order chi connectivity index (χ0) is 18.6. The van der Waals surface area contributed by atoms with E-state index in [4.69, 9.17) is 4.74 Å². The van der Waals surface area contributed by atoms with E-state index in [9.17, 15) is 9.90 Å². The number of carbonyl (C=O) groups is 1. The molecule has 1 amide bonds. The van der Waals surface area contributed by atoms with Crippen molar-refractivity contribution in [2.24, 2.45) is 0 Å². The summed E-state index contributed by atoms with van der Waals surface area (Å²) >= 11 is 0. The second kappa shape index (κ2) is 7.74. The van der Waals surface area contributed by atoms with Crippen LogP contribution in [0.5, 0.6) is 5.75 Å². The number of hydrogen-bond acceptors (Lipinski definition) is 5. The van der Waals surface area contributed by atoms with Gasteiger partial charge in [0.1, 0.15) is 23.8 Å². The van der Waals surface area contributed by atoms with Crippen molar-refractivity contribution in [2.75, 3.05) is 38.7 Å². The summed E-state index contributed by atoms with van der Waals surface area (Å²) < 4.78 is 5.72. The Morgan fingerprint density at radius 2 is 2.04 bits per heavy atom. The first kappa shape index (κ1) is 18.2. The molecule has 1 atom stereocenters. The number of anilines is 1. The lowest BCUT2D eigenvalue weighted by atomic mass is 9.93. The van der Waals surface area contributed by atoms with E-state index in [1.807, 2.05) is 55.4 Å². The number of rotatable bonds is 5. The number of nitrogens with zero attached hydrogens (tertiary/aromatic N) is 3. The first-order valence-corrected chi connectivity index (χ1v) is 8.80. The van der Waals surface area contributed by atoms with Gasteiger partial charge in [-0.05, 0) is 37.1 Å². The highest BCUT2D eigenvalue weighted by Gasteiger charge is 2.36. The molecular weight excluding hydrogens is 330 g/mol. The van der Waals surface area contributed by atoms with Crippen molar-refractivity contribution in [2.45, 2.75) is 18.4 Å². The Balaban J connectivity index is 1.64. The molecule has 0 unspecified atom stereocenters. The minimum Gasteiger partial charge on any atom is -0.491 e. The lowest BCUT2D eigenvalue weighted by Gasteiger charge is -2.39. The van der Waals surface area contributed by atoms with Crippen LogP contribution in [0.2, 0.25) is 0 Å². The van der Waals surface area contributed by atoms with E-state index in [1.165, 1.54) is 0 Å². The van der Waals surface area contributed by atoms with E-state index in [0.717, 1.165) is 12.2 Å². The van der Waals surface area contributed by atoms with Gasteiger partial charge in [0, 0.05) is 26.8 Å². The summed E-state index contributed by atoms with van der Waals surface area (Å²) in [6, 6.07) is 13.0. The molecule has 1 aliphatic heterocycles. The van der Waals surface area contributed by atoms with E-state index >= 15 is 0 Å². The first-order chi connectivity index (χ1) is 12.5. The van der Waals surface area contributed by atoms with Gasteiger partial charge in [0.2, 0.25) is 0 Å². The van der Waals surface area contributed by atoms with Crippen LogP contribution < -0.4 is 9.64 Å². The number of aromatic nitrogens is 1. The number of β-amino-alcohol motifs (C(OH)–C–C–N with tert-alkyl or cyclic N) is 1. The van der Waals surface area contributed by atoms with Crippen molar-refractivity contribution in [3.8, 4) is 5.75 Å². The molecule has 3 rings (SSSR count). The van der Waals surface area contributed by atoms with Crippen molar-refractivity contribution in [1.29, 1.82) is 0 Å². The monoisotopic (exact) mass is 355 g/mol. The standard InChI is InChI=1S/C20H25N3O3/c1-22(2)18-10-9-16(13-21-18)19(24)23-12-6-11-20(25,14-23)15-26-17-7-4-3-5-8-17/h3-5,7-10,13,25H,6,11-12,14-15H2,1-2H3/t20-/m1/s1. The summed E-state index contributed by atoms with van der Waals surface area (Å²) in [6.07, 6.45) is 2.94. The van der Waals surface area contributed by atoms with Gasteiger partial charge in [-0.3, -0.25) is 4.79 Å². The maximum atomic E-state index is 12.8. The van der Waals surface area contributed by atoms with Crippen molar-refractivity contribution >= 4 is 11.7 Å². The lowest BCUT2D eigenvalue weighted by molar-refractivity contribution is -0.0532. The maximum Gasteiger partial charge on any atom is 0.255 e. The van der Waals surface area contributed by atoms with Gasteiger partial charge in [-0.15, -0.1) is 0 Å². The number of likely N-dealkylation sites (tertiary alicyclic amines) is 1. The van der Waals surface area contributed by atoms with Crippen LogP contribution in [-0.4, -0.2) is 60.3 Å². The summed E-state index contributed by atoms with van der Waals surface area (Å²) in [4.78, 5) is 20.6. The number of hydrogen-bond donors (Lipinski definition) is 1. The smallest absolute Gasteiger partial charge is 0.255 e. The van der Waals surface area contributed by atoms with Crippen molar-refractivity contribution in [1.82, 2.24) is 9.88 Å². The molecule has 1 aromatic heterocycles. The van der Waals surface area contributed by atoms with Gasteiger partial charge in [0.25, 0.3) is 5.91 Å². The molecule has 1 fully saturated rings. The Morgan fingerprint density at radius 1 is 1.27 bits per heavy atom. The Hall–Kier alpha value is -2.60. The van der Waals surface area contributed by atoms with Crippen LogP contribution >= 0.6 is 0 Å². The van der Waals surface area contributed by atoms with Gasteiger partial charge < -0.3 is 19.6 Å². The van der Waals surface area contributed by atoms with Gasteiger partial charge >= 0.3 is 0 Å². The van der Waals surface area contributed by atoms with Crippen LogP contribution in [0.3, 0.4) is 0 Å². The molecule has 1 N–H and O–H groups in total. The number of piperidine rings is 1. The average Bonchev–Trinajstić information content (AvgIpc) is 2.67. The Labute approximate surface area is 154 Å². The molecule has 1 aromatic carbocycles. The van der Waals surface area contributed by atoms with E-state index < -0.39 is 5.60 Å². The number of amides is 1. The fourth-order valence-corrected chi connectivity index (χ4v) is 3.10. The van der Waals surface area contributed by atoms with Crippen LogP contribution in [0.1, 0.15) is 23.2 Å². The van der Waals surface area contributed by atoms with Crippen molar-refractivity contribution in [3.05, 3.63) is 54.2 Å². The summed E-state index contributed by atoms with van der Waals surface area (Å²) in [5, 5.41) is 10.9. The normalized spacial score (nSPS) is 19.9. The lowest BCUT2D eigenvalue weighted by Crippen LogP contribution is -2.53. The predicted molar refractivity (Wildman–Crippen MR) is 101 cm³/mol. The highest BCUT2D eigenvalue weighted by Crippen LogP contribution is 2.24. The van der Waals surface area contributed by atoms with E-state index in [1.54, 1.807) is 17.2 Å². The number of benzene rings is 1. The van der Waals surface area contributed by atoms with Crippen molar-refractivity contribution in [3.63, 3.8) is 0 Å². The zero-order valence-electron chi connectivity index (χ0n) is 15.3. The summed E-state index contributed by atoms with van der Waals surface area (Å²) in [5.41, 5.74) is -0.510. The van der Waals surface area contributed by atoms with E-state index in [-0.39, 0.29) is 19.1 Å². The molecule has 0 spiro atoms. The molecule has 138 valence electrons. The quantitative estimate of drug-likeness (QED) is 0.891. The second-order valence-corrected chi connectivity index (χ2v) is 6.96. The predicted octanol–water partition coefficient (Wildman–Crippen LogP) is 2.19. The molecule has 0 bridgehead atoms. The summed E-state index contributed by atoms with van der Waals surface area (Å²) in [7, 11) is 3.81. The molecular formula is C20H25N3O3. The zero-order valence-corrected chi connectivity index (χ0v) is 15.3. The molecule has 6 nitrogen and oxygen atoms in total. The van der Waals surface area contributed by atoms with Crippen LogP contribution in [0.15, 0.2) is 48.7 Å². The fraction of sp³-hybridized carbons (Fsp3) is 0.400. The highest BCUT2D eigenvalue weighted by molar-refractivity contribution is 5.94. The Morgan fingerprint density at radius 3 is 2.69 bits per heavy atom. The van der Waals surface area contributed by atoms with E-state index in [0.29, 0.717) is 24.3 Å². The number of ether oxygens (including phenoxy) is 1.